The highest BCUT2D eigenvalue weighted by Gasteiger charge is 2.34. The quantitative estimate of drug-likeness (QED) is 0.735. The number of nitrogens with one attached hydrogen (secondary N) is 1. The van der Waals surface area contributed by atoms with Crippen molar-refractivity contribution < 1.29 is 24.3 Å². The van der Waals surface area contributed by atoms with Crippen LogP contribution >= 0.6 is 0 Å². The van der Waals surface area contributed by atoms with E-state index in [0.717, 1.165) is 5.06 Å². The molecule has 2 N–H and O–H groups in total. The minimum absolute atomic E-state index is 0.218. The number of aliphatic hydroxyl groups excluding tert-OH is 1. The Morgan fingerprint density at radius 2 is 1.75 bits per heavy atom. The molecule has 0 saturated carbocycles. The predicted octanol–water partition coefficient (Wildman–Crippen LogP) is 0.916. The number of rotatable bonds is 5. The van der Waals surface area contributed by atoms with E-state index in [1.807, 2.05) is 0 Å². The molecule has 0 aromatic carbocycles. The molecule has 2 amide bonds. The van der Waals surface area contributed by atoms with Crippen LogP contribution in [0.3, 0.4) is 0 Å². The summed E-state index contributed by atoms with van der Waals surface area (Å²) in [5.74, 6) is -0.774. The van der Waals surface area contributed by atoms with Crippen molar-refractivity contribution in [3.8, 4) is 0 Å². The molecule has 118 valence electrons. The van der Waals surface area contributed by atoms with Gasteiger partial charge in [-0.3, -0.25) is 9.63 Å². The first-order valence-electron chi connectivity index (χ1n) is 6.49. The molecule has 0 aliphatic carbocycles. The van der Waals surface area contributed by atoms with Crippen LogP contribution < -0.4 is 5.32 Å². The number of ether oxygens (including phenoxy) is 1. The highest BCUT2D eigenvalue weighted by atomic mass is 16.7. The maximum atomic E-state index is 12.1. The van der Waals surface area contributed by atoms with Crippen molar-refractivity contribution in [2.75, 3.05) is 14.2 Å². The number of amides is 2. The molecule has 0 aliphatic rings. The standard InChI is InChI=1S/C13H26N2O5/c1-8(2)10(16)9(11(17)15(6)19-7)14-12(18)20-13(3,4)5/h8-10,16H,1-7H3,(H,14,18)/t9-,10+/m0/s1. The largest absolute Gasteiger partial charge is 0.444 e. The lowest BCUT2D eigenvalue weighted by Gasteiger charge is -2.29. The van der Waals surface area contributed by atoms with E-state index >= 15 is 0 Å². The number of hydroxylamine groups is 2. The summed E-state index contributed by atoms with van der Waals surface area (Å²) >= 11 is 0. The van der Waals surface area contributed by atoms with Gasteiger partial charge in [0.1, 0.15) is 11.6 Å². The summed E-state index contributed by atoms with van der Waals surface area (Å²) in [4.78, 5) is 28.6. The number of hydrogen-bond donors (Lipinski definition) is 2. The van der Waals surface area contributed by atoms with Gasteiger partial charge in [0, 0.05) is 7.05 Å². The predicted molar refractivity (Wildman–Crippen MR) is 73.8 cm³/mol. The van der Waals surface area contributed by atoms with E-state index in [2.05, 4.69) is 5.32 Å². The van der Waals surface area contributed by atoms with E-state index in [9.17, 15) is 14.7 Å². The normalized spacial score (nSPS) is 14.7. The van der Waals surface area contributed by atoms with Crippen LogP contribution in [-0.4, -0.2) is 54.1 Å². The molecule has 0 fully saturated rings. The third-order valence-electron chi connectivity index (χ3n) is 2.55. The Balaban J connectivity index is 4.96. The summed E-state index contributed by atoms with van der Waals surface area (Å²) in [7, 11) is 2.73. The van der Waals surface area contributed by atoms with Gasteiger partial charge in [-0.1, -0.05) is 13.8 Å². The minimum Gasteiger partial charge on any atom is -0.444 e. The zero-order chi connectivity index (χ0) is 16.1. The molecule has 0 unspecified atom stereocenters. The Morgan fingerprint density at radius 3 is 2.10 bits per heavy atom. The molecule has 0 heterocycles. The van der Waals surface area contributed by atoms with Crippen molar-refractivity contribution in [3.63, 3.8) is 0 Å². The van der Waals surface area contributed by atoms with Crippen LogP contribution in [0, 0.1) is 5.92 Å². The molecule has 0 radical (unpaired) electrons. The first-order chi connectivity index (χ1) is 8.99. The van der Waals surface area contributed by atoms with E-state index in [-0.39, 0.29) is 5.92 Å². The van der Waals surface area contributed by atoms with Gasteiger partial charge in [0.2, 0.25) is 0 Å². The third-order valence-corrected chi connectivity index (χ3v) is 2.55. The second-order valence-electron chi connectivity index (χ2n) is 5.88. The average molecular weight is 290 g/mol. The highest BCUT2D eigenvalue weighted by molar-refractivity contribution is 5.85. The number of nitrogens with zero attached hydrogens (tertiary/aromatic N) is 1. The van der Waals surface area contributed by atoms with Crippen molar-refractivity contribution in [1.82, 2.24) is 10.4 Å². The van der Waals surface area contributed by atoms with E-state index in [1.165, 1.54) is 14.2 Å². The number of aliphatic hydroxyl groups is 1. The monoisotopic (exact) mass is 290 g/mol. The molecule has 0 aromatic heterocycles. The van der Waals surface area contributed by atoms with Crippen LogP contribution in [0.15, 0.2) is 0 Å². The average Bonchev–Trinajstić information content (AvgIpc) is 2.30. The number of carbonyl (C=O) groups excluding carboxylic acids is 2. The van der Waals surface area contributed by atoms with E-state index in [4.69, 9.17) is 9.57 Å². The number of hydrogen-bond acceptors (Lipinski definition) is 5. The smallest absolute Gasteiger partial charge is 0.408 e. The van der Waals surface area contributed by atoms with Crippen molar-refractivity contribution in [3.05, 3.63) is 0 Å². The lowest BCUT2D eigenvalue weighted by atomic mass is 9.99. The molecular formula is C13H26N2O5. The number of likely N-dealkylation sites (N-methyl/N-ethyl adjacent to an activating group) is 1. The van der Waals surface area contributed by atoms with Crippen molar-refractivity contribution in [1.29, 1.82) is 0 Å². The van der Waals surface area contributed by atoms with Gasteiger partial charge in [0.25, 0.3) is 5.91 Å². The zero-order valence-corrected chi connectivity index (χ0v) is 13.3. The summed E-state index contributed by atoms with van der Waals surface area (Å²) in [5.41, 5.74) is -0.687. The fourth-order valence-electron chi connectivity index (χ4n) is 1.40. The third kappa shape index (κ3) is 6.21. The Hall–Kier alpha value is -1.34. The van der Waals surface area contributed by atoms with Gasteiger partial charge in [-0.15, -0.1) is 0 Å². The van der Waals surface area contributed by atoms with Gasteiger partial charge in [0.15, 0.2) is 0 Å². The molecule has 7 nitrogen and oxygen atoms in total. The van der Waals surface area contributed by atoms with Crippen molar-refractivity contribution in [2.45, 2.75) is 52.4 Å². The van der Waals surface area contributed by atoms with Crippen LogP contribution in [0.2, 0.25) is 0 Å². The fourth-order valence-corrected chi connectivity index (χ4v) is 1.40. The fraction of sp³-hybridized carbons (Fsp3) is 0.846. The summed E-state index contributed by atoms with van der Waals surface area (Å²) in [6.45, 7) is 8.62. The van der Waals surface area contributed by atoms with Crippen LogP contribution in [0.1, 0.15) is 34.6 Å². The second-order valence-corrected chi connectivity index (χ2v) is 5.88. The molecule has 0 aromatic rings. The topological polar surface area (TPSA) is 88.1 Å². The molecule has 7 heteroatoms. The number of alkyl carbamates (subject to hydrolysis) is 1. The first-order valence-corrected chi connectivity index (χ1v) is 6.49. The maximum Gasteiger partial charge on any atom is 0.408 e. The van der Waals surface area contributed by atoms with Gasteiger partial charge in [0.05, 0.1) is 13.2 Å². The first kappa shape index (κ1) is 18.7. The molecular weight excluding hydrogens is 264 g/mol. The zero-order valence-electron chi connectivity index (χ0n) is 13.3. The maximum absolute atomic E-state index is 12.1. The summed E-state index contributed by atoms with van der Waals surface area (Å²) < 4.78 is 5.09. The Bertz CT molecular complexity index is 338. The molecule has 20 heavy (non-hydrogen) atoms. The Kier molecular flexibility index (Phi) is 6.95. The van der Waals surface area contributed by atoms with Gasteiger partial charge in [-0.05, 0) is 26.7 Å². The van der Waals surface area contributed by atoms with Crippen LogP contribution in [-0.2, 0) is 14.4 Å². The van der Waals surface area contributed by atoms with Gasteiger partial charge < -0.3 is 15.2 Å². The van der Waals surface area contributed by atoms with Crippen molar-refractivity contribution in [2.24, 2.45) is 5.92 Å². The molecule has 0 aliphatic heterocycles. The molecule has 0 spiro atoms. The van der Waals surface area contributed by atoms with E-state index < -0.39 is 29.7 Å². The van der Waals surface area contributed by atoms with Gasteiger partial charge in [-0.25, -0.2) is 9.86 Å². The lowest BCUT2D eigenvalue weighted by Crippen LogP contribution is -2.55. The van der Waals surface area contributed by atoms with Crippen LogP contribution in [0.5, 0.6) is 0 Å². The Labute approximate surface area is 120 Å². The molecule has 0 bridgehead atoms. The van der Waals surface area contributed by atoms with Crippen molar-refractivity contribution >= 4 is 12.0 Å². The molecule has 0 rings (SSSR count). The SMILES string of the molecule is CON(C)C(=O)[C@@H](NC(=O)OC(C)(C)C)[C@H](O)C(C)C. The number of carbonyl (C=O) groups is 2. The van der Waals surface area contributed by atoms with Gasteiger partial charge >= 0.3 is 6.09 Å². The molecule has 2 atom stereocenters. The van der Waals surface area contributed by atoms with Crippen LogP contribution in [0.25, 0.3) is 0 Å². The van der Waals surface area contributed by atoms with E-state index in [1.54, 1.807) is 34.6 Å². The lowest BCUT2D eigenvalue weighted by molar-refractivity contribution is -0.174. The summed E-state index contributed by atoms with van der Waals surface area (Å²) in [5, 5.41) is 13.4. The highest BCUT2D eigenvalue weighted by Crippen LogP contribution is 2.11. The second kappa shape index (κ2) is 7.44. The summed E-state index contributed by atoms with van der Waals surface area (Å²) in [6.07, 6.45) is -1.81. The minimum atomic E-state index is -1.13. The van der Waals surface area contributed by atoms with E-state index in [0.29, 0.717) is 0 Å². The Morgan fingerprint density at radius 1 is 1.25 bits per heavy atom. The molecule has 0 saturated heterocycles. The van der Waals surface area contributed by atoms with Crippen LogP contribution in [0.4, 0.5) is 4.79 Å². The summed E-state index contributed by atoms with van der Waals surface area (Å²) in [6, 6.07) is -1.13. The van der Waals surface area contributed by atoms with Gasteiger partial charge in [-0.2, -0.15) is 0 Å².